The standard InChI is InChI=1S/C25H34N6O2/c1-2-3-4-11-33-25-28-23(26)22-24(29-25)31(16-21(32)27-22)14-18-7-8-19-9-10-30(13-17-5-6-17)15-20(19)12-18/h7-8,12,17H,2-6,9-11,13-16H2,1H3,(H,27,32)(H2,26,28,29). The van der Waals surface area contributed by atoms with Crippen LogP contribution in [0.25, 0.3) is 0 Å². The number of ether oxygens (including phenoxy) is 1. The molecule has 3 aliphatic rings. The van der Waals surface area contributed by atoms with Crippen molar-refractivity contribution in [2.45, 2.75) is 58.5 Å². The highest BCUT2D eigenvalue weighted by molar-refractivity contribution is 6.03. The van der Waals surface area contributed by atoms with Crippen LogP contribution < -0.4 is 20.7 Å². The molecule has 1 fully saturated rings. The Hall–Kier alpha value is -2.87. The number of nitrogens with two attached hydrogens (primary N) is 1. The second-order valence-electron chi connectivity index (χ2n) is 9.58. The molecule has 0 spiro atoms. The summed E-state index contributed by atoms with van der Waals surface area (Å²) < 4.78 is 5.76. The van der Waals surface area contributed by atoms with Gasteiger partial charge < -0.3 is 20.7 Å². The fourth-order valence-corrected chi connectivity index (χ4v) is 4.74. The molecule has 3 heterocycles. The summed E-state index contributed by atoms with van der Waals surface area (Å²) in [7, 11) is 0. The maximum atomic E-state index is 12.4. The monoisotopic (exact) mass is 450 g/mol. The normalized spacial score (nSPS) is 18.0. The molecule has 1 amide bonds. The third-order valence-corrected chi connectivity index (χ3v) is 6.72. The van der Waals surface area contributed by atoms with Crippen LogP contribution in [0, 0.1) is 5.92 Å². The molecule has 3 N–H and O–H groups in total. The van der Waals surface area contributed by atoms with Crippen molar-refractivity contribution < 1.29 is 9.53 Å². The van der Waals surface area contributed by atoms with E-state index in [0.717, 1.165) is 44.7 Å². The van der Waals surface area contributed by atoms with Crippen LogP contribution in [0.3, 0.4) is 0 Å². The van der Waals surface area contributed by atoms with Crippen LogP contribution in [-0.2, 0) is 24.3 Å². The van der Waals surface area contributed by atoms with Crippen LogP contribution in [0.15, 0.2) is 18.2 Å². The number of hydrogen-bond donors (Lipinski definition) is 2. The van der Waals surface area contributed by atoms with E-state index in [1.54, 1.807) is 0 Å². The van der Waals surface area contributed by atoms with Gasteiger partial charge in [-0.25, -0.2) is 0 Å². The molecular formula is C25H34N6O2. The Kier molecular flexibility index (Phi) is 6.35. The molecule has 5 rings (SSSR count). The number of nitrogen functional groups attached to an aromatic ring is 1. The zero-order valence-electron chi connectivity index (χ0n) is 19.5. The Labute approximate surface area is 195 Å². The molecule has 2 aromatic rings. The van der Waals surface area contributed by atoms with E-state index in [2.05, 4.69) is 45.3 Å². The first-order chi connectivity index (χ1) is 16.1. The summed E-state index contributed by atoms with van der Waals surface area (Å²) >= 11 is 0. The maximum Gasteiger partial charge on any atom is 0.320 e. The molecule has 176 valence electrons. The minimum Gasteiger partial charge on any atom is -0.463 e. The largest absolute Gasteiger partial charge is 0.463 e. The summed E-state index contributed by atoms with van der Waals surface area (Å²) in [6.07, 6.45) is 7.04. The van der Waals surface area contributed by atoms with Gasteiger partial charge >= 0.3 is 6.01 Å². The van der Waals surface area contributed by atoms with Gasteiger partial charge in [0.2, 0.25) is 5.91 Å². The number of fused-ring (bicyclic) bond motifs is 2. The lowest BCUT2D eigenvalue weighted by atomic mass is 9.97. The topological polar surface area (TPSA) is 96.6 Å². The first kappa shape index (κ1) is 21.9. The number of unbranched alkanes of at least 4 members (excludes halogenated alkanes) is 2. The highest BCUT2D eigenvalue weighted by Gasteiger charge is 2.29. The lowest BCUT2D eigenvalue weighted by Gasteiger charge is -2.32. The van der Waals surface area contributed by atoms with Gasteiger partial charge in [0.25, 0.3) is 0 Å². The highest BCUT2D eigenvalue weighted by Crippen LogP contribution is 2.35. The Morgan fingerprint density at radius 2 is 2.06 bits per heavy atom. The Morgan fingerprint density at radius 1 is 1.18 bits per heavy atom. The predicted octanol–water partition coefficient (Wildman–Crippen LogP) is 3.35. The Bertz CT molecular complexity index is 1020. The summed E-state index contributed by atoms with van der Waals surface area (Å²) in [6.45, 7) is 6.91. The van der Waals surface area contributed by atoms with Crippen LogP contribution >= 0.6 is 0 Å². The molecule has 0 bridgehead atoms. The van der Waals surface area contributed by atoms with E-state index in [0.29, 0.717) is 24.7 Å². The fraction of sp³-hybridized carbons (Fsp3) is 0.560. The third-order valence-electron chi connectivity index (χ3n) is 6.72. The molecule has 1 aliphatic carbocycles. The Balaban J connectivity index is 1.33. The van der Waals surface area contributed by atoms with Gasteiger partial charge in [-0.05, 0) is 48.3 Å². The van der Waals surface area contributed by atoms with Gasteiger partial charge in [-0.1, -0.05) is 38.0 Å². The average Bonchev–Trinajstić information content (AvgIpc) is 3.61. The number of aromatic nitrogens is 2. The number of nitrogens with one attached hydrogen (secondary N) is 1. The SMILES string of the molecule is CCCCCOc1nc(N)c2c(n1)N(Cc1ccc3c(c1)CN(CC1CC1)CC3)CC(=O)N2. The van der Waals surface area contributed by atoms with Crippen molar-refractivity contribution in [1.82, 2.24) is 14.9 Å². The maximum absolute atomic E-state index is 12.4. The summed E-state index contributed by atoms with van der Waals surface area (Å²) in [6, 6.07) is 6.99. The minimum absolute atomic E-state index is 0.108. The minimum atomic E-state index is -0.108. The molecule has 0 atom stereocenters. The summed E-state index contributed by atoms with van der Waals surface area (Å²) in [4.78, 5) is 25.8. The predicted molar refractivity (Wildman–Crippen MR) is 129 cm³/mol. The van der Waals surface area contributed by atoms with Crippen LogP contribution in [0.1, 0.15) is 55.7 Å². The number of carbonyl (C=O) groups is 1. The van der Waals surface area contributed by atoms with E-state index < -0.39 is 0 Å². The number of nitrogens with zero attached hydrogens (tertiary/aromatic N) is 4. The third kappa shape index (κ3) is 5.21. The van der Waals surface area contributed by atoms with E-state index in [1.807, 2.05) is 4.90 Å². The van der Waals surface area contributed by atoms with E-state index >= 15 is 0 Å². The number of rotatable bonds is 9. The van der Waals surface area contributed by atoms with Crippen molar-refractivity contribution in [3.8, 4) is 6.01 Å². The molecule has 0 radical (unpaired) electrons. The zero-order valence-corrected chi connectivity index (χ0v) is 19.5. The molecule has 1 aromatic heterocycles. The van der Waals surface area contributed by atoms with Gasteiger partial charge in [-0.15, -0.1) is 0 Å². The lowest BCUT2D eigenvalue weighted by Crippen LogP contribution is -2.39. The summed E-state index contributed by atoms with van der Waals surface area (Å²) in [5.74, 6) is 1.66. The van der Waals surface area contributed by atoms with Crippen molar-refractivity contribution >= 4 is 23.2 Å². The summed E-state index contributed by atoms with van der Waals surface area (Å²) in [5.41, 5.74) is 10.7. The first-order valence-corrected chi connectivity index (χ1v) is 12.3. The van der Waals surface area contributed by atoms with Gasteiger partial charge in [-0.3, -0.25) is 9.69 Å². The van der Waals surface area contributed by atoms with Gasteiger partial charge in [0.15, 0.2) is 11.6 Å². The summed E-state index contributed by atoms with van der Waals surface area (Å²) in [5, 5.41) is 2.83. The van der Waals surface area contributed by atoms with Crippen molar-refractivity contribution in [1.29, 1.82) is 0 Å². The van der Waals surface area contributed by atoms with Crippen LogP contribution in [-0.4, -0.2) is 47.0 Å². The first-order valence-electron chi connectivity index (χ1n) is 12.3. The van der Waals surface area contributed by atoms with Crippen LogP contribution in [0.5, 0.6) is 6.01 Å². The molecule has 33 heavy (non-hydrogen) atoms. The number of hydrogen-bond acceptors (Lipinski definition) is 7. The lowest BCUT2D eigenvalue weighted by molar-refractivity contribution is -0.115. The number of anilines is 3. The number of carbonyl (C=O) groups excluding carboxylic acids is 1. The van der Waals surface area contributed by atoms with Gasteiger partial charge in [0, 0.05) is 26.2 Å². The number of benzene rings is 1. The highest BCUT2D eigenvalue weighted by atomic mass is 16.5. The average molecular weight is 451 g/mol. The molecule has 8 nitrogen and oxygen atoms in total. The van der Waals surface area contributed by atoms with E-state index in [1.165, 1.54) is 36.1 Å². The molecule has 1 saturated carbocycles. The van der Waals surface area contributed by atoms with E-state index in [9.17, 15) is 4.79 Å². The van der Waals surface area contributed by atoms with Crippen molar-refractivity contribution in [3.05, 3.63) is 34.9 Å². The quantitative estimate of drug-likeness (QED) is 0.566. The zero-order chi connectivity index (χ0) is 22.8. The van der Waals surface area contributed by atoms with Crippen LogP contribution in [0.4, 0.5) is 17.3 Å². The van der Waals surface area contributed by atoms with Gasteiger partial charge in [-0.2, -0.15) is 9.97 Å². The van der Waals surface area contributed by atoms with Crippen molar-refractivity contribution in [2.75, 3.05) is 42.2 Å². The molecule has 1 aromatic carbocycles. The number of amides is 1. The van der Waals surface area contributed by atoms with E-state index in [4.69, 9.17) is 10.5 Å². The second-order valence-corrected chi connectivity index (χ2v) is 9.58. The van der Waals surface area contributed by atoms with Gasteiger partial charge in [0.05, 0.1) is 13.2 Å². The second kappa shape index (κ2) is 9.55. The van der Waals surface area contributed by atoms with Crippen molar-refractivity contribution in [3.63, 3.8) is 0 Å². The molecule has 0 unspecified atom stereocenters. The smallest absolute Gasteiger partial charge is 0.320 e. The molecule has 0 saturated heterocycles. The van der Waals surface area contributed by atoms with E-state index in [-0.39, 0.29) is 24.3 Å². The van der Waals surface area contributed by atoms with Gasteiger partial charge in [0.1, 0.15) is 5.69 Å². The molecule has 2 aliphatic heterocycles. The fourth-order valence-electron chi connectivity index (χ4n) is 4.74. The molecule has 8 heteroatoms. The van der Waals surface area contributed by atoms with Crippen LogP contribution in [0.2, 0.25) is 0 Å². The molecular weight excluding hydrogens is 416 g/mol. The van der Waals surface area contributed by atoms with Crippen molar-refractivity contribution in [2.24, 2.45) is 5.92 Å². The Morgan fingerprint density at radius 3 is 2.88 bits per heavy atom.